The van der Waals surface area contributed by atoms with Gasteiger partial charge in [0.25, 0.3) is 0 Å². The number of unbranched alkanes of at least 4 members (excludes halogenated alkanes) is 20. The Kier molecular flexibility index (Phi) is 26.2. The van der Waals surface area contributed by atoms with E-state index in [2.05, 4.69) is 19.2 Å². The highest BCUT2D eigenvalue weighted by atomic mass is 16.3. The molecule has 0 heterocycles. The smallest absolute Gasteiger partial charge is 0.249 e. The molecule has 4 nitrogen and oxygen atoms in total. The lowest BCUT2D eigenvalue weighted by atomic mass is 9.99. The highest BCUT2D eigenvalue weighted by Crippen LogP contribution is 2.45. The molecule has 0 spiro atoms. The monoisotopic (exact) mass is 594 g/mol. The Labute approximate surface area is 263 Å². The summed E-state index contributed by atoms with van der Waals surface area (Å²) in [6, 6.07) is -0.257. The molecule has 1 aliphatic carbocycles. The molecular weight excluding hydrogens is 518 g/mol. The third kappa shape index (κ3) is 22.0. The van der Waals surface area contributed by atoms with Gasteiger partial charge in [0, 0.05) is 0 Å². The van der Waals surface area contributed by atoms with Crippen molar-refractivity contribution in [3.05, 3.63) is 0 Å². The van der Waals surface area contributed by atoms with Crippen LogP contribution in [-0.4, -0.2) is 34.4 Å². The Bertz CT molecular complexity index is 597. The molecule has 1 fully saturated rings. The number of amides is 1. The predicted octanol–water partition coefficient (Wildman–Crippen LogP) is 10.8. The normalized spacial score (nSPS) is 18.6. The molecule has 0 aliphatic heterocycles. The van der Waals surface area contributed by atoms with Gasteiger partial charge in [-0.25, -0.2) is 0 Å². The quantitative estimate of drug-likeness (QED) is 0.0679. The van der Waals surface area contributed by atoms with Crippen molar-refractivity contribution in [3.8, 4) is 0 Å². The van der Waals surface area contributed by atoms with E-state index in [1.165, 1.54) is 141 Å². The van der Waals surface area contributed by atoms with E-state index in [1.807, 2.05) is 6.92 Å². The summed E-state index contributed by atoms with van der Waals surface area (Å²) < 4.78 is 0. The van der Waals surface area contributed by atoms with Crippen LogP contribution in [0.3, 0.4) is 0 Å². The molecule has 0 aromatic heterocycles. The molecule has 42 heavy (non-hydrogen) atoms. The second kappa shape index (κ2) is 27.9. The average Bonchev–Trinajstić information content (AvgIpc) is 3.75. The fourth-order valence-corrected chi connectivity index (χ4v) is 6.75. The third-order valence-electron chi connectivity index (χ3n) is 9.94. The largest absolute Gasteiger partial charge is 0.391 e. The topological polar surface area (TPSA) is 69.6 Å². The van der Waals surface area contributed by atoms with E-state index < -0.39 is 12.2 Å². The van der Waals surface area contributed by atoms with Gasteiger partial charge in [-0.2, -0.15) is 0 Å². The molecule has 1 saturated carbocycles. The highest BCUT2D eigenvalue weighted by Gasteiger charge is 2.35. The van der Waals surface area contributed by atoms with Crippen molar-refractivity contribution in [1.82, 2.24) is 5.32 Å². The van der Waals surface area contributed by atoms with E-state index in [9.17, 15) is 15.0 Å². The van der Waals surface area contributed by atoms with Crippen LogP contribution in [-0.2, 0) is 4.79 Å². The zero-order valence-corrected chi connectivity index (χ0v) is 28.7. The molecule has 0 radical (unpaired) electrons. The van der Waals surface area contributed by atoms with E-state index in [4.69, 9.17) is 0 Å². The molecule has 5 unspecified atom stereocenters. The number of aliphatic hydroxyl groups excluding tert-OH is 2. The molecule has 1 rings (SSSR count). The van der Waals surface area contributed by atoms with E-state index in [-0.39, 0.29) is 11.9 Å². The molecular formula is C38H75NO3. The molecule has 1 aliphatic rings. The average molecular weight is 594 g/mol. The predicted molar refractivity (Wildman–Crippen MR) is 182 cm³/mol. The third-order valence-corrected chi connectivity index (χ3v) is 9.94. The maximum atomic E-state index is 12.5. The number of carbonyl (C=O) groups excluding carboxylic acids is 1. The summed E-state index contributed by atoms with van der Waals surface area (Å²) in [7, 11) is 0. The van der Waals surface area contributed by atoms with Gasteiger partial charge in [0.2, 0.25) is 5.91 Å². The van der Waals surface area contributed by atoms with Crippen LogP contribution in [0.25, 0.3) is 0 Å². The summed E-state index contributed by atoms with van der Waals surface area (Å²) in [4.78, 5) is 12.5. The zero-order valence-electron chi connectivity index (χ0n) is 28.7. The van der Waals surface area contributed by atoms with Crippen LogP contribution in [0.15, 0.2) is 0 Å². The number of aliphatic hydroxyl groups is 2. The van der Waals surface area contributed by atoms with E-state index in [0.717, 1.165) is 43.9 Å². The number of nitrogens with one attached hydrogen (secondary N) is 1. The van der Waals surface area contributed by atoms with Gasteiger partial charge in [0.15, 0.2) is 0 Å². The van der Waals surface area contributed by atoms with Crippen LogP contribution in [0.1, 0.15) is 207 Å². The maximum absolute atomic E-state index is 12.5. The summed E-state index contributed by atoms with van der Waals surface area (Å²) in [6.07, 6.45) is 34.8. The van der Waals surface area contributed by atoms with Crippen LogP contribution >= 0.6 is 0 Å². The summed E-state index contributed by atoms with van der Waals surface area (Å²) in [5.74, 6) is 1.81. The standard InChI is InChI=1S/C38H75NO3/c1-4-7-9-11-12-13-14-15-18-23-27-31-37(41)38(42)39-35(6-3)36(40)30-26-22-19-16-17-21-25-29-34-32-33(34)28-24-20-10-8-5-2/h33-37,40-41H,4-32H2,1-3H3,(H,39,42). The first-order valence-electron chi connectivity index (χ1n) is 19.2. The van der Waals surface area contributed by atoms with Crippen molar-refractivity contribution in [1.29, 1.82) is 0 Å². The lowest BCUT2D eigenvalue weighted by molar-refractivity contribution is -0.131. The molecule has 3 N–H and O–H groups in total. The summed E-state index contributed by atoms with van der Waals surface area (Å²) in [5.41, 5.74) is 0. The minimum absolute atomic E-state index is 0.257. The first-order valence-corrected chi connectivity index (χ1v) is 19.2. The van der Waals surface area contributed by atoms with Crippen LogP contribution < -0.4 is 5.32 Å². The highest BCUT2D eigenvalue weighted by molar-refractivity contribution is 5.80. The van der Waals surface area contributed by atoms with Gasteiger partial charge in [-0.1, -0.05) is 181 Å². The molecule has 1 amide bonds. The van der Waals surface area contributed by atoms with Gasteiger partial charge in [-0.3, -0.25) is 4.79 Å². The van der Waals surface area contributed by atoms with E-state index >= 15 is 0 Å². The van der Waals surface area contributed by atoms with Crippen molar-refractivity contribution < 1.29 is 15.0 Å². The lowest BCUT2D eigenvalue weighted by Crippen LogP contribution is -2.47. The Morgan fingerprint density at radius 1 is 0.571 bits per heavy atom. The van der Waals surface area contributed by atoms with Crippen molar-refractivity contribution in [2.75, 3.05) is 0 Å². The van der Waals surface area contributed by atoms with Crippen LogP contribution in [0.5, 0.6) is 0 Å². The Morgan fingerprint density at radius 3 is 1.38 bits per heavy atom. The van der Waals surface area contributed by atoms with Crippen molar-refractivity contribution in [2.24, 2.45) is 11.8 Å². The summed E-state index contributed by atoms with van der Waals surface area (Å²) >= 11 is 0. The minimum atomic E-state index is -0.953. The van der Waals surface area contributed by atoms with Crippen LogP contribution in [0, 0.1) is 11.8 Å². The molecule has 5 atom stereocenters. The van der Waals surface area contributed by atoms with Crippen molar-refractivity contribution in [2.45, 2.75) is 225 Å². The molecule has 0 aromatic carbocycles. The molecule has 4 heteroatoms. The van der Waals surface area contributed by atoms with Crippen LogP contribution in [0.2, 0.25) is 0 Å². The Hall–Kier alpha value is -0.610. The number of hydrogen-bond acceptors (Lipinski definition) is 3. The minimum Gasteiger partial charge on any atom is -0.391 e. The van der Waals surface area contributed by atoms with Gasteiger partial charge in [-0.15, -0.1) is 0 Å². The Balaban J connectivity index is 1.95. The van der Waals surface area contributed by atoms with Crippen molar-refractivity contribution in [3.63, 3.8) is 0 Å². The zero-order chi connectivity index (χ0) is 30.7. The molecule has 0 saturated heterocycles. The lowest BCUT2D eigenvalue weighted by Gasteiger charge is -2.24. The SMILES string of the molecule is CCCCCCCCCCCCCC(O)C(=O)NC(CC)C(O)CCCCCCCCCC1CC1CCCCCCC. The number of rotatable bonds is 32. The van der Waals surface area contributed by atoms with Gasteiger partial charge in [0.05, 0.1) is 12.1 Å². The summed E-state index contributed by atoms with van der Waals surface area (Å²) in [6.45, 7) is 6.55. The molecule has 0 aromatic rings. The summed E-state index contributed by atoms with van der Waals surface area (Å²) in [5, 5.41) is 23.9. The number of carbonyl (C=O) groups is 1. The maximum Gasteiger partial charge on any atom is 0.249 e. The van der Waals surface area contributed by atoms with Crippen molar-refractivity contribution >= 4 is 5.91 Å². The number of hydrogen-bond donors (Lipinski definition) is 3. The fourth-order valence-electron chi connectivity index (χ4n) is 6.75. The van der Waals surface area contributed by atoms with E-state index in [1.54, 1.807) is 0 Å². The van der Waals surface area contributed by atoms with Gasteiger partial charge < -0.3 is 15.5 Å². The first kappa shape index (κ1) is 39.4. The second-order valence-corrected chi connectivity index (χ2v) is 13.9. The Morgan fingerprint density at radius 2 is 0.952 bits per heavy atom. The van der Waals surface area contributed by atoms with Gasteiger partial charge >= 0.3 is 0 Å². The second-order valence-electron chi connectivity index (χ2n) is 13.9. The van der Waals surface area contributed by atoms with Gasteiger partial charge in [0.1, 0.15) is 6.10 Å². The molecule has 250 valence electrons. The van der Waals surface area contributed by atoms with Crippen LogP contribution in [0.4, 0.5) is 0 Å². The van der Waals surface area contributed by atoms with E-state index in [0.29, 0.717) is 12.8 Å². The molecule has 0 bridgehead atoms. The fraction of sp³-hybridized carbons (Fsp3) is 0.974. The first-order chi connectivity index (χ1) is 20.5. The van der Waals surface area contributed by atoms with Gasteiger partial charge in [-0.05, 0) is 37.5 Å².